The van der Waals surface area contributed by atoms with Crippen LogP contribution >= 0.6 is 0 Å². The lowest BCUT2D eigenvalue weighted by molar-refractivity contribution is -0.151. The van der Waals surface area contributed by atoms with Gasteiger partial charge in [0.05, 0.1) is 25.7 Å². The van der Waals surface area contributed by atoms with Gasteiger partial charge in [-0.15, -0.1) is 0 Å². The van der Waals surface area contributed by atoms with E-state index >= 15 is 0 Å². The summed E-state index contributed by atoms with van der Waals surface area (Å²) in [6.45, 7) is 4.32. The van der Waals surface area contributed by atoms with Crippen molar-refractivity contribution in [2.24, 2.45) is 0 Å². The summed E-state index contributed by atoms with van der Waals surface area (Å²) in [5.74, 6) is -0.358. The second-order valence-electron chi connectivity index (χ2n) is 8.00. The summed E-state index contributed by atoms with van der Waals surface area (Å²) >= 11 is 0. The maximum absolute atomic E-state index is 12.8. The van der Waals surface area contributed by atoms with Crippen molar-refractivity contribution in [1.82, 2.24) is 10.2 Å². The van der Waals surface area contributed by atoms with Crippen LogP contribution in [0.5, 0.6) is 5.75 Å². The number of hydrogen-bond donors (Lipinski definition) is 2. The smallest absolute Gasteiger partial charge is 0.308 e. The molecule has 9 heteroatoms. The lowest BCUT2D eigenvalue weighted by Gasteiger charge is -2.34. The van der Waals surface area contributed by atoms with E-state index in [2.05, 4.69) is 10.6 Å². The van der Waals surface area contributed by atoms with Crippen LogP contribution in [0.2, 0.25) is 0 Å². The van der Waals surface area contributed by atoms with Gasteiger partial charge in [0.2, 0.25) is 11.8 Å². The number of nitrogens with zero attached hydrogens (tertiary/aromatic N) is 1. The number of nitrogens with one attached hydrogen (secondary N) is 2. The third kappa shape index (κ3) is 7.12. The Kier molecular flexibility index (Phi) is 9.15. The van der Waals surface area contributed by atoms with E-state index in [0.717, 1.165) is 38.0 Å². The van der Waals surface area contributed by atoms with E-state index in [0.29, 0.717) is 32.1 Å². The number of benzene rings is 1. The first-order valence-electron chi connectivity index (χ1n) is 11.4. The molecule has 2 aliphatic heterocycles. The summed E-state index contributed by atoms with van der Waals surface area (Å²) in [7, 11) is 0. The Morgan fingerprint density at radius 1 is 1.34 bits per heavy atom. The molecule has 0 aromatic heterocycles. The van der Waals surface area contributed by atoms with E-state index in [-0.39, 0.29) is 30.9 Å². The van der Waals surface area contributed by atoms with Gasteiger partial charge in [-0.3, -0.25) is 14.4 Å². The van der Waals surface area contributed by atoms with Gasteiger partial charge < -0.3 is 29.7 Å². The zero-order chi connectivity index (χ0) is 22.8. The van der Waals surface area contributed by atoms with E-state index < -0.39 is 12.0 Å². The zero-order valence-corrected chi connectivity index (χ0v) is 18.6. The summed E-state index contributed by atoms with van der Waals surface area (Å²) in [6.07, 6.45) is 3.73. The molecule has 32 heavy (non-hydrogen) atoms. The standard InChI is InChI=1S/C23H33N3O6/c1-2-3-11-31-22(28)14-20-23(29)24-9-10-26(20)21(27)15-25-17-6-4-7-18(13-17)32-16-19-8-5-12-30-19/h4,6-7,13,19-20,25H,2-3,5,8-12,14-16H2,1H3,(H,24,29). The number of carbonyl (C=O) groups excluding carboxylic acids is 3. The predicted octanol–water partition coefficient (Wildman–Crippen LogP) is 1.72. The minimum atomic E-state index is -0.853. The first-order chi connectivity index (χ1) is 15.6. The monoisotopic (exact) mass is 447 g/mol. The predicted molar refractivity (Wildman–Crippen MR) is 118 cm³/mol. The van der Waals surface area contributed by atoms with Crippen LogP contribution < -0.4 is 15.4 Å². The number of unbranched alkanes of at least 4 members (excludes halogenated alkanes) is 1. The SMILES string of the molecule is CCCCOC(=O)CC1C(=O)NCCN1C(=O)CNc1cccc(OCC2CCCO2)c1. The summed E-state index contributed by atoms with van der Waals surface area (Å²) in [6, 6.07) is 6.53. The molecule has 1 aromatic carbocycles. The van der Waals surface area contributed by atoms with Crippen LogP contribution in [0, 0.1) is 0 Å². The van der Waals surface area contributed by atoms with Gasteiger partial charge in [0.25, 0.3) is 0 Å². The molecule has 0 saturated carbocycles. The van der Waals surface area contributed by atoms with Crippen molar-refractivity contribution in [3.63, 3.8) is 0 Å². The van der Waals surface area contributed by atoms with Gasteiger partial charge >= 0.3 is 5.97 Å². The third-order valence-corrected chi connectivity index (χ3v) is 5.51. The number of esters is 1. The number of amides is 2. The van der Waals surface area contributed by atoms with E-state index in [4.69, 9.17) is 14.2 Å². The zero-order valence-electron chi connectivity index (χ0n) is 18.6. The number of rotatable bonds is 11. The normalized spacial score (nSPS) is 20.5. The van der Waals surface area contributed by atoms with Crippen LogP contribution in [0.25, 0.3) is 0 Å². The molecule has 2 unspecified atom stereocenters. The molecule has 2 saturated heterocycles. The Labute approximate surface area is 188 Å². The molecular weight excluding hydrogens is 414 g/mol. The quantitative estimate of drug-likeness (QED) is 0.393. The highest BCUT2D eigenvalue weighted by Crippen LogP contribution is 2.20. The molecule has 2 aliphatic rings. The molecule has 3 rings (SSSR count). The minimum absolute atomic E-state index is 0.00382. The summed E-state index contributed by atoms with van der Waals surface area (Å²) in [4.78, 5) is 38.7. The van der Waals surface area contributed by atoms with Crippen molar-refractivity contribution in [3.05, 3.63) is 24.3 Å². The largest absolute Gasteiger partial charge is 0.491 e. The molecule has 176 valence electrons. The van der Waals surface area contributed by atoms with Crippen LogP contribution in [0.1, 0.15) is 39.0 Å². The second-order valence-corrected chi connectivity index (χ2v) is 8.00. The topological polar surface area (TPSA) is 106 Å². The molecular formula is C23H33N3O6. The fourth-order valence-corrected chi connectivity index (χ4v) is 3.70. The van der Waals surface area contributed by atoms with Gasteiger partial charge in [0.1, 0.15) is 18.4 Å². The summed E-state index contributed by atoms with van der Waals surface area (Å²) < 4.78 is 16.5. The van der Waals surface area contributed by atoms with Crippen molar-refractivity contribution >= 4 is 23.5 Å². The molecule has 2 atom stereocenters. The molecule has 0 radical (unpaired) electrons. The molecule has 0 spiro atoms. The number of piperazine rings is 1. The first-order valence-corrected chi connectivity index (χ1v) is 11.4. The van der Waals surface area contributed by atoms with Crippen molar-refractivity contribution in [2.45, 2.75) is 51.2 Å². The molecule has 9 nitrogen and oxygen atoms in total. The van der Waals surface area contributed by atoms with Crippen molar-refractivity contribution in [2.75, 3.05) is 44.8 Å². The number of carbonyl (C=O) groups is 3. The average Bonchev–Trinajstić information content (AvgIpc) is 3.32. The number of hydrogen-bond acceptors (Lipinski definition) is 7. The summed E-state index contributed by atoms with van der Waals surface area (Å²) in [5.41, 5.74) is 0.736. The molecule has 2 N–H and O–H groups in total. The van der Waals surface area contributed by atoms with E-state index in [1.165, 1.54) is 4.90 Å². The van der Waals surface area contributed by atoms with Crippen LogP contribution in [0.15, 0.2) is 24.3 Å². The van der Waals surface area contributed by atoms with Gasteiger partial charge in [-0.2, -0.15) is 0 Å². The fraction of sp³-hybridized carbons (Fsp3) is 0.609. The van der Waals surface area contributed by atoms with Gasteiger partial charge in [-0.25, -0.2) is 0 Å². The maximum atomic E-state index is 12.8. The van der Waals surface area contributed by atoms with Crippen molar-refractivity contribution < 1.29 is 28.6 Å². The highest BCUT2D eigenvalue weighted by atomic mass is 16.5. The van der Waals surface area contributed by atoms with Gasteiger partial charge in [0, 0.05) is 31.5 Å². The average molecular weight is 448 g/mol. The lowest BCUT2D eigenvalue weighted by atomic mass is 10.1. The van der Waals surface area contributed by atoms with Crippen LogP contribution in [0.3, 0.4) is 0 Å². The third-order valence-electron chi connectivity index (χ3n) is 5.51. The Morgan fingerprint density at radius 3 is 3.00 bits per heavy atom. The fourth-order valence-electron chi connectivity index (χ4n) is 3.70. The Bertz CT molecular complexity index is 781. The Balaban J connectivity index is 1.51. The van der Waals surface area contributed by atoms with Gasteiger partial charge in [0.15, 0.2) is 0 Å². The second kappa shape index (κ2) is 12.3. The first kappa shape index (κ1) is 23.8. The highest BCUT2D eigenvalue weighted by Gasteiger charge is 2.34. The van der Waals surface area contributed by atoms with Crippen LogP contribution in [-0.4, -0.2) is 74.3 Å². The molecule has 2 fully saturated rings. The lowest BCUT2D eigenvalue weighted by Crippen LogP contribution is -2.58. The summed E-state index contributed by atoms with van der Waals surface area (Å²) in [5, 5.41) is 5.81. The highest BCUT2D eigenvalue weighted by molar-refractivity contribution is 5.93. The minimum Gasteiger partial charge on any atom is -0.491 e. The molecule has 0 bridgehead atoms. The van der Waals surface area contributed by atoms with Gasteiger partial charge in [-0.05, 0) is 31.4 Å². The van der Waals surface area contributed by atoms with Crippen molar-refractivity contribution in [3.8, 4) is 5.75 Å². The molecule has 2 heterocycles. The Morgan fingerprint density at radius 2 is 2.22 bits per heavy atom. The maximum Gasteiger partial charge on any atom is 0.308 e. The number of anilines is 1. The number of ether oxygens (including phenoxy) is 3. The van der Waals surface area contributed by atoms with E-state index in [1.807, 2.05) is 31.2 Å². The Hall–Kier alpha value is -2.81. The molecule has 0 aliphatic carbocycles. The molecule has 2 amide bonds. The van der Waals surface area contributed by atoms with Gasteiger partial charge in [-0.1, -0.05) is 19.4 Å². The van der Waals surface area contributed by atoms with E-state index in [9.17, 15) is 14.4 Å². The molecule has 1 aromatic rings. The van der Waals surface area contributed by atoms with E-state index in [1.54, 1.807) is 0 Å². The van der Waals surface area contributed by atoms with Crippen LogP contribution in [-0.2, 0) is 23.9 Å². The van der Waals surface area contributed by atoms with Crippen LogP contribution in [0.4, 0.5) is 5.69 Å². The van der Waals surface area contributed by atoms with Crippen molar-refractivity contribution in [1.29, 1.82) is 0 Å².